The molecule has 1 aliphatic heterocycles. The molecule has 0 spiro atoms. The van der Waals surface area contributed by atoms with E-state index in [2.05, 4.69) is 67.2 Å². The molecule has 28 heavy (non-hydrogen) atoms. The molecule has 4 nitrogen and oxygen atoms in total. The molecule has 1 atom stereocenters. The van der Waals surface area contributed by atoms with Crippen LogP contribution in [-0.2, 0) is 0 Å². The third-order valence-electron chi connectivity index (χ3n) is 5.49. The lowest BCUT2D eigenvalue weighted by Gasteiger charge is -2.41. The van der Waals surface area contributed by atoms with Crippen LogP contribution in [-0.4, -0.2) is 39.2 Å². The third kappa shape index (κ3) is 4.32. The molecule has 1 N–H and O–H groups in total. The van der Waals surface area contributed by atoms with E-state index in [1.54, 1.807) is 0 Å². The molecule has 5 heteroatoms. The minimum absolute atomic E-state index is 0.104. The minimum atomic E-state index is -0.199. The molecule has 0 bridgehead atoms. The zero-order valence-electron chi connectivity index (χ0n) is 15.7. The largest absolute Gasteiger partial charge is 0.393 e. The monoisotopic (exact) mass is 437 g/mol. The molecule has 4 rings (SSSR count). The van der Waals surface area contributed by atoms with Gasteiger partial charge in [-0.25, -0.2) is 0 Å². The topological polar surface area (TPSA) is 49.2 Å². The van der Waals surface area contributed by atoms with E-state index in [-0.39, 0.29) is 18.1 Å². The summed E-state index contributed by atoms with van der Waals surface area (Å²) in [4.78, 5) is 11.3. The second kappa shape index (κ2) is 8.95. The van der Waals surface area contributed by atoms with Crippen LogP contribution in [0.3, 0.4) is 0 Å². The second-order valence-electron chi connectivity index (χ2n) is 7.32. The Morgan fingerprint density at radius 3 is 2.04 bits per heavy atom. The second-order valence-corrected chi connectivity index (χ2v) is 8.23. The van der Waals surface area contributed by atoms with Gasteiger partial charge in [0.1, 0.15) is 0 Å². The van der Waals surface area contributed by atoms with Crippen molar-refractivity contribution < 1.29 is 5.11 Å². The highest BCUT2D eigenvalue weighted by atomic mass is 79.9. The lowest BCUT2D eigenvalue weighted by molar-refractivity contribution is 0.0559. The fourth-order valence-corrected chi connectivity index (χ4v) is 4.56. The van der Waals surface area contributed by atoms with Crippen LogP contribution in [0.5, 0.6) is 0 Å². The Balaban J connectivity index is 1.83. The van der Waals surface area contributed by atoms with Crippen LogP contribution >= 0.6 is 15.9 Å². The van der Waals surface area contributed by atoms with Crippen molar-refractivity contribution >= 4 is 15.9 Å². The standard InChI is InChI=1S/C23H24BrN3O/c24-20-7-1-4-17(14-20)23(27-12-8-21(28)9-13-27)22(18-5-2-10-25-15-18)19-6-3-11-26-16-19/h1-7,10-11,14-16,21-23,28H,8-9,12-13H2. The summed E-state index contributed by atoms with van der Waals surface area (Å²) in [5.74, 6) is 0.104. The lowest BCUT2D eigenvalue weighted by atomic mass is 9.81. The van der Waals surface area contributed by atoms with Gasteiger partial charge >= 0.3 is 0 Å². The average Bonchev–Trinajstić information content (AvgIpc) is 2.74. The summed E-state index contributed by atoms with van der Waals surface area (Å²) >= 11 is 3.64. The number of benzene rings is 1. The van der Waals surface area contributed by atoms with Gasteiger partial charge < -0.3 is 5.11 Å². The zero-order valence-corrected chi connectivity index (χ0v) is 17.2. The van der Waals surface area contributed by atoms with E-state index in [9.17, 15) is 5.11 Å². The SMILES string of the molecule is OC1CCN(C(c2cccc(Br)c2)C(c2cccnc2)c2cccnc2)CC1. The number of hydrogen-bond donors (Lipinski definition) is 1. The number of aromatic nitrogens is 2. The van der Waals surface area contributed by atoms with Gasteiger partial charge in [0.15, 0.2) is 0 Å². The molecular weight excluding hydrogens is 414 g/mol. The lowest BCUT2D eigenvalue weighted by Crippen LogP contribution is -2.41. The first-order valence-corrected chi connectivity index (χ1v) is 10.5. The smallest absolute Gasteiger partial charge is 0.0564 e. The van der Waals surface area contributed by atoms with E-state index in [0.29, 0.717) is 0 Å². The number of aliphatic hydroxyl groups excluding tert-OH is 1. The Labute approximate surface area is 174 Å². The molecule has 0 saturated carbocycles. The van der Waals surface area contributed by atoms with E-state index in [0.717, 1.165) is 30.4 Å². The fourth-order valence-electron chi connectivity index (χ4n) is 4.15. The van der Waals surface area contributed by atoms with Crippen LogP contribution in [0.15, 0.2) is 77.8 Å². The molecule has 1 fully saturated rings. The normalized spacial score (nSPS) is 17.0. The molecule has 0 radical (unpaired) electrons. The van der Waals surface area contributed by atoms with Gasteiger partial charge in [-0.2, -0.15) is 0 Å². The van der Waals surface area contributed by atoms with E-state index in [1.807, 2.05) is 36.9 Å². The molecule has 144 valence electrons. The minimum Gasteiger partial charge on any atom is -0.393 e. The van der Waals surface area contributed by atoms with E-state index in [4.69, 9.17) is 0 Å². The molecular formula is C23H24BrN3O. The van der Waals surface area contributed by atoms with Crippen molar-refractivity contribution in [2.24, 2.45) is 0 Å². The molecule has 3 heterocycles. The third-order valence-corrected chi connectivity index (χ3v) is 5.98. The average molecular weight is 438 g/mol. The number of pyridine rings is 2. The molecule has 1 unspecified atom stereocenters. The summed E-state index contributed by atoms with van der Waals surface area (Å²) in [5.41, 5.74) is 3.60. The van der Waals surface area contributed by atoms with E-state index in [1.165, 1.54) is 16.7 Å². The first-order valence-electron chi connectivity index (χ1n) is 9.70. The predicted molar refractivity (Wildman–Crippen MR) is 114 cm³/mol. The van der Waals surface area contributed by atoms with Crippen molar-refractivity contribution in [3.05, 3.63) is 94.5 Å². The van der Waals surface area contributed by atoms with Crippen LogP contribution in [0.2, 0.25) is 0 Å². The first kappa shape index (κ1) is 19.2. The van der Waals surface area contributed by atoms with Crippen LogP contribution < -0.4 is 0 Å². The van der Waals surface area contributed by atoms with Gasteiger partial charge in [0.25, 0.3) is 0 Å². The van der Waals surface area contributed by atoms with Crippen LogP contribution in [0.4, 0.5) is 0 Å². The van der Waals surface area contributed by atoms with Gasteiger partial charge in [-0.05, 0) is 53.8 Å². The maximum Gasteiger partial charge on any atom is 0.0564 e. The number of nitrogens with zero attached hydrogens (tertiary/aromatic N) is 3. The molecule has 2 aromatic heterocycles. The number of piperidine rings is 1. The fraction of sp³-hybridized carbons (Fsp3) is 0.304. The molecule has 1 aliphatic rings. The maximum absolute atomic E-state index is 10.0. The quantitative estimate of drug-likeness (QED) is 0.634. The highest BCUT2D eigenvalue weighted by Crippen LogP contribution is 2.42. The first-order chi connectivity index (χ1) is 13.7. The zero-order chi connectivity index (χ0) is 19.3. The van der Waals surface area contributed by atoms with Crippen molar-refractivity contribution in [1.29, 1.82) is 0 Å². The Kier molecular flexibility index (Phi) is 6.15. The Hall–Kier alpha value is -2.08. The van der Waals surface area contributed by atoms with Crippen molar-refractivity contribution in [3.63, 3.8) is 0 Å². The van der Waals surface area contributed by atoms with Gasteiger partial charge in [-0.1, -0.05) is 40.2 Å². The van der Waals surface area contributed by atoms with E-state index < -0.39 is 0 Å². The number of aliphatic hydroxyl groups is 1. The summed E-state index contributed by atoms with van der Waals surface area (Å²) in [6.07, 6.45) is 8.96. The Morgan fingerprint density at radius 1 is 0.893 bits per heavy atom. The van der Waals surface area contributed by atoms with Gasteiger partial charge in [0.05, 0.1) is 6.10 Å². The summed E-state index contributed by atoms with van der Waals surface area (Å²) in [6, 6.07) is 17.0. The van der Waals surface area contributed by atoms with Gasteiger partial charge in [-0.3, -0.25) is 14.9 Å². The molecule has 3 aromatic rings. The molecule has 0 aliphatic carbocycles. The van der Waals surface area contributed by atoms with Crippen LogP contribution in [0.25, 0.3) is 0 Å². The molecule has 1 saturated heterocycles. The number of hydrogen-bond acceptors (Lipinski definition) is 4. The molecule has 1 aromatic carbocycles. The van der Waals surface area contributed by atoms with Gasteiger partial charge in [-0.15, -0.1) is 0 Å². The van der Waals surface area contributed by atoms with Crippen molar-refractivity contribution in [2.45, 2.75) is 30.9 Å². The number of rotatable bonds is 5. The summed E-state index contributed by atoms with van der Waals surface area (Å²) in [6.45, 7) is 1.74. The van der Waals surface area contributed by atoms with Gasteiger partial charge in [0.2, 0.25) is 0 Å². The van der Waals surface area contributed by atoms with Crippen molar-refractivity contribution in [2.75, 3.05) is 13.1 Å². The summed E-state index contributed by atoms with van der Waals surface area (Å²) in [7, 11) is 0. The number of halogens is 1. The molecule has 0 amide bonds. The maximum atomic E-state index is 10.0. The van der Waals surface area contributed by atoms with Crippen molar-refractivity contribution in [3.8, 4) is 0 Å². The summed E-state index contributed by atoms with van der Waals surface area (Å²) < 4.78 is 1.07. The number of likely N-dealkylation sites (tertiary alicyclic amines) is 1. The highest BCUT2D eigenvalue weighted by Gasteiger charge is 2.34. The highest BCUT2D eigenvalue weighted by molar-refractivity contribution is 9.10. The van der Waals surface area contributed by atoms with Crippen LogP contribution in [0.1, 0.15) is 41.5 Å². The van der Waals surface area contributed by atoms with Crippen LogP contribution in [0, 0.1) is 0 Å². The van der Waals surface area contributed by atoms with E-state index >= 15 is 0 Å². The van der Waals surface area contributed by atoms with Gasteiger partial charge in [0, 0.05) is 54.3 Å². The Morgan fingerprint density at radius 2 is 1.50 bits per heavy atom. The predicted octanol–water partition coefficient (Wildman–Crippen LogP) is 4.57. The summed E-state index contributed by atoms with van der Waals surface area (Å²) in [5, 5.41) is 10.0. The Bertz CT molecular complexity index is 843. The van der Waals surface area contributed by atoms with Crippen molar-refractivity contribution in [1.82, 2.24) is 14.9 Å².